The van der Waals surface area contributed by atoms with E-state index < -0.39 is 18.1 Å². The Kier molecular flexibility index (Phi) is 7.78. The Labute approximate surface area is 139 Å². The van der Waals surface area contributed by atoms with E-state index in [1.54, 1.807) is 36.0 Å². The summed E-state index contributed by atoms with van der Waals surface area (Å²) in [6.07, 6.45) is 1.48. The second-order valence-corrected chi connectivity index (χ2v) is 5.94. The molecule has 0 saturated carbocycles. The molecular formula is C15H17ClN2O3S. The molecule has 0 spiro atoms. The van der Waals surface area contributed by atoms with E-state index in [2.05, 4.69) is 5.32 Å². The van der Waals surface area contributed by atoms with E-state index in [-0.39, 0.29) is 5.91 Å². The van der Waals surface area contributed by atoms with Gasteiger partial charge in [0.05, 0.1) is 0 Å². The Morgan fingerprint density at radius 2 is 2.05 bits per heavy atom. The molecule has 0 bridgehead atoms. The predicted octanol–water partition coefficient (Wildman–Crippen LogP) is 2.65. The van der Waals surface area contributed by atoms with Gasteiger partial charge in [-0.15, -0.1) is 0 Å². The number of hydrogen-bond donors (Lipinski definition) is 1. The molecule has 0 aliphatic heterocycles. The number of rotatable bonds is 7. The summed E-state index contributed by atoms with van der Waals surface area (Å²) in [5, 5.41) is 11.9. The predicted molar refractivity (Wildman–Crippen MR) is 86.9 cm³/mol. The fourth-order valence-electron chi connectivity index (χ4n) is 1.61. The van der Waals surface area contributed by atoms with Crippen LogP contribution in [-0.4, -0.2) is 36.0 Å². The van der Waals surface area contributed by atoms with Crippen molar-refractivity contribution in [2.24, 2.45) is 0 Å². The molecule has 1 N–H and O–H groups in total. The van der Waals surface area contributed by atoms with Crippen molar-refractivity contribution in [1.82, 2.24) is 5.32 Å². The van der Waals surface area contributed by atoms with Crippen LogP contribution in [0.4, 0.5) is 0 Å². The summed E-state index contributed by atoms with van der Waals surface area (Å²) >= 11 is 7.33. The van der Waals surface area contributed by atoms with Crippen LogP contribution in [0.5, 0.6) is 0 Å². The van der Waals surface area contributed by atoms with Gasteiger partial charge in [-0.1, -0.05) is 11.6 Å². The average molecular weight is 341 g/mol. The van der Waals surface area contributed by atoms with Crippen molar-refractivity contribution < 1.29 is 14.3 Å². The summed E-state index contributed by atoms with van der Waals surface area (Å²) in [5.41, 5.74) is 0.402. The maximum atomic E-state index is 12.2. The van der Waals surface area contributed by atoms with Crippen molar-refractivity contribution >= 4 is 35.2 Å². The van der Waals surface area contributed by atoms with Gasteiger partial charge >= 0.3 is 5.97 Å². The van der Waals surface area contributed by atoms with Gasteiger partial charge < -0.3 is 10.1 Å². The molecule has 5 nitrogen and oxygen atoms in total. The lowest BCUT2D eigenvalue weighted by atomic mass is 10.1. The van der Waals surface area contributed by atoms with Crippen LogP contribution in [0.3, 0.4) is 0 Å². The maximum Gasteiger partial charge on any atom is 0.329 e. The Bertz CT molecular complexity index is 557. The van der Waals surface area contributed by atoms with Crippen LogP contribution in [0.25, 0.3) is 0 Å². The number of esters is 1. The highest BCUT2D eigenvalue weighted by molar-refractivity contribution is 7.98. The first kappa shape index (κ1) is 18.3. The van der Waals surface area contributed by atoms with E-state index in [0.29, 0.717) is 22.8 Å². The molecular weight excluding hydrogens is 324 g/mol. The van der Waals surface area contributed by atoms with E-state index in [1.165, 1.54) is 6.92 Å². The minimum atomic E-state index is -0.850. The highest BCUT2D eigenvalue weighted by Gasteiger charge is 2.24. The van der Waals surface area contributed by atoms with Crippen LogP contribution in [0.15, 0.2) is 24.3 Å². The lowest BCUT2D eigenvalue weighted by Crippen LogP contribution is -2.43. The Morgan fingerprint density at radius 3 is 2.59 bits per heavy atom. The number of nitrogens with one attached hydrogen (secondary N) is 1. The van der Waals surface area contributed by atoms with Crippen LogP contribution < -0.4 is 5.32 Å². The molecule has 0 aliphatic carbocycles. The van der Waals surface area contributed by atoms with Gasteiger partial charge in [-0.3, -0.25) is 4.79 Å². The van der Waals surface area contributed by atoms with Gasteiger partial charge in [0.2, 0.25) is 0 Å². The number of ether oxygens (including phenoxy) is 1. The van der Waals surface area contributed by atoms with Crippen molar-refractivity contribution in [2.45, 2.75) is 25.5 Å². The van der Waals surface area contributed by atoms with Crippen LogP contribution in [0, 0.1) is 11.3 Å². The fourth-order valence-corrected chi connectivity index (χ4v) is 2.21. The maximum absolute atomic E-state index is 12.2. The van der Waals surface area contributed by atoms with Crippen LogP contribution in [0.2, 0.25) is 5.02 Å². The number of nitrogens with zero attached hydrogens (tertiary/aromatic N) is 1. The lowest BCUT2D eigenvalue weighted by molar-refractivity contribution is -0.148. The van der Waals surface area contributed by atoms with Gasteiger partial charge in [0, 0.05) is 10.6 Å². The second kappa shape index (κ2) is 9.34. The van der Waals surface area contributed by atoms with Crippen molar-refractivity contribution in [3.63, 3.8) is 0 Å². The number of halogens is 1. The minimum absolute atomic E-state index is 0.385. The number of hydrogen-bond acceptors (Lipinski definition) is 5. The Morgan fingerprint density at radius 1 is 1.41 bits per heavy atom. The quantitative estimate of drug-likeness (QED) is 0.772. The van der Waals surface area contributed by atoms with Crippen LogP contribution in [-0.2, 0) is 9.53 Å². The van der Waals surface area contributed by atoms with Crippen LogP contribution >= 0.6 is 23.4 Å². The first-order chi connectivity index (χ1) is 10.5. The van der Waals surface area contributed by atoms with Crippen molar-refractivity contribution in [1.29, 1.82) is 5.26 Å². The Hall–Kier alpha value is -1.71. The van der Waals surface area contributed by atoms with Crippen LogP contribution in [0.1, 0.15) is 23.7 Å². The van der Waals surface area contributed by atoms with Crippen molar-refractivity contribution in [3.05, 3.63) is 34.9 Å². The summed E-state index contributed by atoms with van der Waals surface area (Å²) < 4.78 is 4.97. The molecule has 0 saturated heterocycles. The molecule has 7 heteroatoms. The van der Waals surface area contributed by atoms with Crippen molar-refractivity contribution in [2.75, 3.05) is 12.0 Å². The SMILES string of the molecule is CSCC[C@H](NC(=O)c1ccc(Cl)cc1)C(=O)O[C@H](C)C#N. The molecule has 0 fully saturated rings. The van der Waals surface area contributed by atoms with E-state index in [0.717, 1.165) is 0 Å². The van der Waals surface area contributed by atoms with Gasteiger partial charge in [-0.05, 0) is 49.6 Å². The zero-order valence-electron chi connectivity index (χ0n) is 12.3. The molecule has 0 unspecified atom stereocenters. The zero-order chi connectivity index (χ0) is 16.5. The number of thioether (sulfide) groups is 1. The molecule has 0 heterocycles. The topological polar surface area (TPSA) is 79.2 Å². The number of carbonyl (C=O) groups is 2. The highest BCUT2D eigenvalue weighted by Crippen LogP contribution is 2.11. The van der Waals surface area contributed by atoms with Gasteiger partial charge in [0.15, 0.2) is 6.10 Å². The standard InChI is InChI=1S/C15H17ClN2O3S/c1-10(9-17)21-15(20)13(7-8-22-2)18-14(19)11-3-5-12(16)6-4-11/h3-6,10,13H,7-8H2,1-2H3,(H,18,19)/t10-,13+/m1/s1. The molecule has 1 rings (SSSR count). The average Bonchev–Trinajstić information content (AvgIpc) is 2.51. The smallest absolute Gasteiger partial charge is 0.329 e. The largest absolute Gasteiger partial charge is 0.446 e. The molecule has 1 aromatic carbocycles. The zero-order valence-corrected chi connectivity index (χ0v) is 13.9. The number of benzene rings is 1. The van der Waals surface area contributed by atoms with Gasteiger partial charge in [-0.2, -0.15) is 17.0 Å². The summed E-state index contributed by atoms with van der Waals surface area (Å²) in [5.74, 6) is -0.309. The fraction of sp³-hybridized carbons (Fsp3) is 0.400. The summed E-state index contributed by atoms with van der Waals surface area (Å²) in [6.45, 7) is 1.48. The summed E-state index contributed by atoms with van der Waals surface area (Å²) in [4.78, 5) is 24.2. The summed E-state index contributed by atoms with van der Waals surface area (Å²) in [6, 6.07) is 7.39. The van der Waals surface area contributed by atoms with Crippen molar-refractivity contribution in [3.8, 4) is 6.07 Å². The number of nitriles is 1. The van der Waals surface area contributed by atoms with Gasteiger partial charge in [-0.25, -0.2) is 4.79 Å². The highest BCUT2D eigenvalue weighted by atomic mass is 35.5. The second-order valence-electron chi connectivity index (χ2n) is 4.52. The molecule has 0 aliphatic rings. The first-order valence-corrected chi connectivity index (χ1v) is 8.40. The van der Waals surface area contributed by atoms with Gasteiger partial charge in [0.25, 0.3) is 5.91 Å². The normalized spacial score (nSPS) is 12.8. The third-order valence-electron chi connectivity index (χ3n) is 2.78. The molecule has 1 aromatic rings. The molecule has 2 atom stereocenters. The molecule has 118 valence electrons. The summed E-state index contributed by atoms with van der Waals surface area (Å²) in [7, 11) is 0. The molecule has 1 amide bonds. The van der Waals surface area contributed by atoms with E-state index >= 15 is 0 Å². The molecule has 0 radical (unpaired) electrons. The van der Waals surface area contributed by atoms with E-state index in [4.69, 9.17) is 21.6 Å². The molecule has 0 aromatic heterocycles. The monoisotopic (exact) mass is 340 g/mol. The third-order valence-corrected chi connectivity index (χ3v) is 3.68. The van der Waals surface area contributed by atoms with E-state index in [1.807, 2.05) is 12.3 Å². The van der Waals surface area contributed by atoms with E-state index in [9.17, 15) is 9.59 Å². The number of carbonyl (C=O) groups excluding carboxylic acids is 2. The first-order valence-electron chi connectivity index (χ1n) is 6.63. The number of amides is 1. The Balaban J connectivity index is 2.75. The minimum Gasteiger partial charge on any atom is -0.446 e. The third kappa shape index (κ3) is 5.96. The molecule has 22 heavy (non-hydrogen) atoms. The lowest BCUT2D eigenvalue weighted by Gasteiger charge is -2.18. The van der Waals surface area contributed by atoms with Gasteiger partial charge in [0.1, 0.15) is 12.1 Å².